The van der Waals surface area contributed by atoms with Crippen molar-refractivity contribution in [1.82, 2.24) is 9.78 Å². The number of nitrogens with two attached hydrogens (primary N) is 1. The molecule has 4 rings (SSSR count). The van der Waals surface area contributed by atoms with E-state index in [1.165, 1.54) is 12.8 Å². The van der Waals surface area contributed by atoms with Gasteiger partial charge in [-0.25, -0.2) is 4.68 Å². The number of benzene rings is 2. The number of carbonyl (C=O) groups excluding carboxylic acids is 1. The lowest BCUT2D eigenvalue weighted by molar-refractivity contribution is 0.101. The van der Waals surface area contributed by atoms with Gasteiger partial charge in [-0.15, -0.1) is 0 Å². The van der Waals surface area contributed by atoms with Gasteiger partial charge in [0.2, 0.25) is 0 Å². The molecule has 30 heavy (non-hydrogen) atoms. The van der Waals surface area contributed by atoms with Gasteiger partial charge in [0.25, 0.3) is 5.91 Å². The van der Waals surface area contributed by atoms with E-state index in [2.05, 4.69) is 10.4 Å². The molecule has 0 unspecified atom stereocenters. The average Bonchev–Trinajstić information content (AvgIpc) is 3.39. The summed E-state index contributed by atoms with van der Waals surface area (Å²) >= 11 is 0. The van der Waals surface area contributed by atoms with E-state index in [-0.39, 0.29) is 11.7 Å². The fraction of sp³-hybridized carbons (Fsp3) is 0.261. The van der Waals surface area contributed by atoms with Gasteiger partial charge in [-0.05, 0) is 75.1 Å². The number of hydrogen-bond donors (Lipinski definition) is 3. The molecule has 1 saturated carbocycles. The number of nitrogen functional groups attached to an aromatic ring is 1. The zero-order valence-corrected chi connectivity index (χ0v) is 16.9. The number of rotatable bonds is 6. The highest BCUT2D eigenvalue weighted by Gasteiger charge is 2.18. The number of hydrogen-bond acceptors (Lipinski definition) is 4. The molecule has 0 radical (unpaired) electrons. The first kappa shape index (κ1) is 19.7. The van der Waals surface area contributed by atoms with E-state index in [1.54, 1.807) is 28.9 Å². The molecule has 1 fully saturated rings. The van der Waals surface area contributed by atoms with Gasteiger partial charge >= 0.3 is 0 Å². The number of ether oxygens (including phenoxy) is 1. The second-order valence-electron chi connectivity index (χ2n) is 7.55. The van der Waals surface area contributed by atoms with Crippen molar-refractivity contribution >= 4 is 17.4 Å². The SMILES string of the molecule is Cc1cc(C(=O)Nc2ccc(OC3CCCC3)cc2)n(-c2cccc(C(=N)N)c2)n1. The summed E-state index contributed by atoms with van der Waals surface area (Å²) in [4.78, 5) is 12.9. The van der Waals surface area contributed by atoms with Gasteiger partial charge < -0.3 is 15.8 Å². The molecular weight excluding hydrogens is 378 g/mol. The van der Waals surface area contributed by atoms with Crippen molar-refractivity contribution in [2.75, 3.05) is 5.32 Å². The van der Waals surface area contributed by atoms with Crippen molar-refractivity contribution in [3.8, 4) is 11.4 Å². The van der Waals surface area contributed by atoms with Crippen LogP contribution in [-0.2, 0) is 0 Å². The van der Waals surface area contributed by atoms with Crippen molar-refractivity contribution in [2.24, 2.45) is 5.73 Å². The van der Waals surface area contributed by atoms with Crippen molar-refractivity contribution in [2.45, 2.75) is 38.7 Å². The second kappa shape index (κ2) is 8.41. The maximum Gasteiger partial charge on any atom is 0.274 e. The molecule has 154 valence electrons. The van der Waals surface area contributed by atoms with Gasteiger partial charge in [0.05, 0.1) is 17.5 Å². The number of aromatic nitrogens is 2. The van der Waals surface area contributed by atoms with E-state index in [4.69, 9.17) is 15.9 Å². The number of amides is 1. The lowest BCUT2D eigenvalue weighted by Crippen LogP contribution is -2.17. The Morgan fingerprint density at radius 1 is 1.17 bits per heavy atom. The van der Waals surface area contributed by atoms with Crippen molar-refractivity contribution < 1.29 is 9.53 Å². The average molecular weight is 403 g/mol. The van der Waals surface area contributed by atoms with Crippen LogP contribution in [0, 0.1) is 12.3 Å². The first-order chi connectivity index (χ1) is 14.5. The molecule has 7 heteroatoms. The van der Waals surface area contributed by atoms with Crippen LogP contribution in [0.3, 0.4) is 0 Å². The standard InChI is InChI=1S/C23H25N5O2/c1-15-13-21(28(27-15)18-6-4-5-16(14-18)22(24)25)23(29)26-17-9-11-20(12-10-17)30-19-7-2-3-8-19/h4-6,9-14,19H,2-3,7-8H2,1H3,(H3,24,25)(H,26,29). The number of carbonyl (C=O) groups is 1. The Kier molecular flexibility index (Phi) is 5.52. The van der Waals surface area contributed by atoms with Crippen LogP contribution in [0.2, 0.25) is 0 Å². The summed E-state index contributed by atoms with van der Waals surface area (Å²) in [6.07, 6.45) is 4.95. The van der Waals surface area contributed by atoms with Crippen LogP contribution < -0.4 is 15.8 Å². The van der Waals surface area contributed by atoms with Gasteiger partial charge in [0, 0.05) is 11.3 Å². The van der Waals surface area contributed by atoms with Gasteiger partial charge in [-0.3, -0.25) is 10.2 Å². The van der Waals surface area contributed by atoms with Crippen molar-refractivity contribution in [3.05, 3.63) is 71.5 Å². The molecule has 0 aliphatic heterocycles. The van der Waals surface area contributed by atoms with Crippen molar-refractivity contribution in [3.63, 3.8) is 0 Å². The quantitative estimate of drug-likeness (QED) is 0.426. The summed E-state index contributed by atoms with van der Waals surface area (Å²) in [5.74, 6) is 0.516. The lowest BCUT2D eigenvalue weighted by atomic mass is 10.2. The molecule has 1 aliphatic carbocycles. The highest BCUT2D eigenvalue weighted by Crippen LogP contribution is 2.25. The highest BCUT2D eigenvalue weighted by atomic mass is 16.5. The van der Waals surface area contributed by atoms with Crippen LogP contribution in [0.25, 0.3) is 5.69 Å². The van der Waals surface area contributed by atoms with Crippen LogP contribution >= 0.6 is 0 Å². The Morgan fingerprint density at radius 2 is 1.90 bits per heavy atom. The van der Waals surface area contributed by atoms with Crippen LogP contribution in [-0.4, -0.2) is 27.6 Å². The van der Waals surface area contributed by atoms with Crippen LogP contribution in [0.5, 0.6) is 5.75 Å². The van der Waals surface area contributed by atoms with Crippen LogP contribution in [0.1, 0.15) is 47.4 Å². The third-order valence-electron chi connectivity index (χ3n) is 5.18. The Morgan fingerprint density at radius 3 is 2.60 bits per heavy atom. The molecule has 7 nitrogen and oxygen atoms in total. The zero-order valence-electron chi connectivity index (χ0n) is 16.9. The minimum atomic E-state index is -0.270. The largest absolute Gasteiger partial charge is 0.490 e. The van der Waals surface area contributed by atoms with Crippen molar-refractivity contribution in [1.29, 1.82) is 5.41 Å². The van der Waals surface area contributed by atoms with E-state index < -0.39 is 0 Å². The molecule has 0 bridgehead atoms. The first-order valence-electron chi connectivity index (χ1n) is 10.1. The summed E-state index contributed by atoms with van der Waals surface area (Å²) in [5, 5.41) is 15.0. The molecule has 1 amide bonds. The fourth-order valence-electron chi connectivity index (χ4n) is 3.67. The molecule has 2 aromatic carbocycles. The fourth-order valence-corrected chi connectivity index (χ4v) is 3.67. The maximum absolute atomic E-state index is 12.9. The third kappa shape index (κ3) is 4.35. The summed E-state index contributed by atoms with van der Waals surface area (Å²) < 4.78 is 7.54. The number of nitrogens with zero attached hydrogens (tertiary/aromatic N) is 2. The molecule has 4 N–H and O–H groups in total. The van der Waals surface area contributed by atoms with E-state index in [1.807, 2.05) is 37.3 Å². The monoisotopic (exact) mass is 403 g/mol. The minimum Gasteiger partial charge on any atom is -0.490 e. The summed E-state index contributed by atoms with van der Waals surface area (Å²) in [7, 11) is 0. The van der Waals surface area contributed by atoms with Gasteiger partial charge in [0.15, 0.2) is 0 Å². The van der Waals surface area contributed by atoms with Gasteiger partial charge in [-0.2, -0.15) is 5.10 Å². The number of amidine groups is 1. The highest BCUT2D eigenvalue weighted by molar-refractivity contribution is 6.03. The van der Waals surface area contributed by atoms with E-state index in [0.29, 0.717) is 34.4 Å². The number of anilines is 1. The molecule has 0 atom stereocenters. The topological polar surface area (TPSA) is 106 Å². The number of nitrogens with one attached hydrogen (secondary N) is 2. The molecule has 0 spiro atoms. The Hall–Kier alpha value is -3.61. The Labute approximate surface area is 175 Å². The molecule has 1 aliphatic rings. The first-order valence-corrected chi connectivity index (χ1v) is 10.1. The van der Waals surface area contributed by atoms with E-state index in [0.717, 1.165) is 18.6 Å². The second-order valence-corrected chi connectivity index (χ2v) is 7.55. The zero-order chi connectivity index (χ0) is 21.1. The molecular formula is C23H25N5O2. The molecule has 1 aromatic heterocycles. The molecule has 0 saturated heterocycles. The Balaban J connectivity index is 1.51. The molecule has 3 aromatic rings. The van der Waals surface area contributed by atoms with Crippen LogP contribution in [0.4, 0.5) is 5.69 Å². The molecule has 1 heterocycles. The predicted molar refractivity (Wildman–Crippen MR) is 117 cm³/mol. The van der Waals surface area contributed by atoms with Gasteiger partial charge in [0.1, 0.15) is 17.3 Å². The summed E-state index contributed by atoms with van der Waals surface area (Å²) in [6, 6.07) is 16.3. The normalized spacial score (nSPS) is 13.9. The predicted octanol–water partition coefficient (Wildman–Crippen LogP) is 4.04. The van der Waals surface area contributed by atoms with E-state index >= 15 is 0 Å². The summed E-state index contributed by atoms with van der Waals surface area (Å²) in [5.41, 5.74) is 8.64. The summed E-state index contributed by atoms with van der Waals surface area (Å²) in [6.45, 7) is 1.83. The maximum atomic E-state index is 12.9. The van der Waals surface area contributed by atoms with E-state index in [9.17, 15) is 4.79 Å². The van der Waals surface area contributed by atoms with Gasteiger partial charge in [-0.1, -0.05) is 12.1 Å². The number of aryl methyl sites for hydroxylation is 1. The lowest BCUT2D eigenvalue weighted by Gasteiger charge is -2.13. The Bertz CT molecular complexity index is 1070. The third-order valence-corrected chi connectivity index (χ3v) is 5.18. The smallest absolute Gasteiger partial charge is 0.274 e. The van der Waals surface area contributed by atoms with Crippen LogP contribution in [0.15, 0.2) is 54.6 Å². The minimum absolute atomic E-state index is 0.0355.